The van der Waals surface area contributed by atoms with Crippen LogP contribution in [0.1, 0.15) is 152 Å². The van der Waals surface area contributed by atoms with Crippen molar-refractivity contribution in [2.45, 2.75) is 136 Å². The van der Waals surface area contributed by atoms with Crippen molar-refractivity contribution >= 4 is 21.9 Å². The lowest BCUT2D eigenvalue weighted by Gasteiger charge is -2.49. The van der Waals surface area contributed by atoms with Gasteiger partial charge >= 0.3 is 0 Å². The zero-order valence-corrected chi connectivity index (χ0v) is 34.2. The van der Waals surface area contributed by atoms with Crippen molar-refractivity contribution in [2.24, 2.45) is 23.7 Å². The van der Waals surface area contributed by atoms with Crippen molar-refractivity contribution in [1.29, 1.82) is 0 Å². The zero-order chi connectivity index (χ0) is 37.0. The van der Waals surface area contributed by atoms with E-state index in [-0.39, 0.29) is 16.2 Å². The molecule has 5 aliphatic rings. The summed E-state index contributed by atoms with van der Waals surface area (Å²) in [7, 11) is 0. The number of hydrogen-bond acceptors (Lipinski definition) is 0. The minimum Gasteiger partial charge on any atom is -0.0654 e. The van der Waals surface area contributed by atoms with Gasteiger partial charge in [-0.3, -0.25) is 0 Å². The molecule has 1 spiro atoms. The van der Waals surface area contributed by atoms with E-state index in [4.69, 9.17) is 0 Å². The monoisotopic (exact) mass is 698 g/mol. The average Bonchev–Trinajstić information content (AvgIpc) is 3.68. The molecule has 2 atom stereocenters. The molecule has 9 rings (SSSR count). The quantitative estimate of drug-likeness (QED) is 0.180. The topological polar surface area (TPSA) is 0 Å². The molecule has 4 aromatic carbocycles. The highest BCUT2D eigenvalue weighted by molar-refractivity contribution is 6.12. The number of aryl methyl sites for hydroxylation is 1. The lowest BCUT2D eigenvalue weighted by atomic mass is 9.53. The van der Waals surface area contributed by atoms with Gasteiger partial charge in [0, 0.05) is 22.2 Å². The van der Waals surface area contributed by atoms with Crippen molar-refractivity contribution in [3.05, 3.63) is 129 Å². The van der Waals surface area contributed by atoms with Crippen molar-refractivity contribution in [3.63, 3.8) is 0 Å². The molecule has 1 saturated carbocycles. The van der Waals surface area contributed by atoms with E-state index >= 15 is 0 Å². The molecule has 0 bridgehead atoms. The summed E-state index contributed by atoms with van der Waals surface area (Å²) in [6.07, 6.45) is 17.3. The molecule has 0 radical (unpaired) electrons. The highest BCUT2D eigenvalue weighted by Crippen LogP contribution is 2.69. The third-order valence-corrected chi connectivity index (χ3v) is 15.4. The molecule has 0 saturated heterocycles. The van der Waals surface area contributed by atoms with Crippen LogP contribution in [0, 0.1) is 30.6 Å². The molecule has 274 valence electrons. The lowest BCUT2D eigenvalue weighted by molar-refractivity contribution is 0.210. The first-order valence-electron chi connectivity index (χ1n) is 21.6. The summed E-state index contributed by atoms with van der Waals surface area (Å²) >= 11 is 0. The summed E-state index contributed by atoms with van der Waals surface area (Å²) in [5, 5.41) is 2.88. The third-order valence-electron chi connectivity index (χ3n) is 15.4. The maximum Gasteiger partial charge on any atom is 0.0474 e. The molecule has 53 heavy (non-hydrogen) atoms. The Labute approximate surface area is 320 Å². The van der Waals surface area contributed by atoms with Gasteiger partial charge in [-0.1, -0.05) is 165 Å². The molecule has 4 aromatic rings. The summed E-state index contributed by atoms with van der Waals surface area (Å²) in [4.78, 5) is 0. The molecule has 0 heteroatoms. The first kappa shape index (κ1) is 35.1. The van der Waals surface area contributed by atoms with Gasteiger partial charge in [-0.2, -0.15) is 0 Å². The van der Waals surface area contributed by atoms with E-state index in [0.717, 1.165) is 0 Å². The Hall–Kier alpha value is -3.64. The zero-order valence-electron chi connectivity index (χ0n) is 34.2. The van der Waals surface area contributed by atoms with Crippen LogP contribution in [0.3, 0.4) is 0 Å². The van der Waals surface area contributed by atoms with Crippen LogP contribution < -0.4 is 0 Å². The van der Waals surface area contributed by atoms with Gasteiger partial charge in [-0.15, -0.1) is 0 Å². The summed E-state index contributed by atoms with van der Waals surface area (Å²) < 4.78 is 0. The first-order chi connectivity index (χ1) is 25.5. The highest BCUT2D eigenvalue weighted by Gasteiger charge is 2.58. The van der Waals surface area contributed by atoms with Crippen molar-refractivity contribution in [3.8, 4) is 11.1 Å². The predicted molar refractivity (Wildman–Crippen MR) is 229 cm³/mol. The molecule has 0 aromatic heterocycles. The van der Waals surface area contributed by atoms with Crippen molar-refractivity contribution in [1.82, 2.24) is 0 Å². The third kappa shape index (κ3) is 4.66. The highest BCUT2D eigenvalue weighted by atomic mass is 14.6. The molecular formula is C53H62. The van der Waals surface area contributed by atoms with E-state index in [0.29, 0.717) is 23.7 Å². The number of allylic oxidation sites excluding steroid dienone is 6. The summed E-state index contributed by atoms with van der Waals surface area (Å²) in [5.41, 5.74) is 19.9. The summed E-state index contributed by atoms with van der Waals surface area (Å²) in [5.74, 6) is 2.33. The van der Waals surface area contributed by atoms with Crippen LogP contribution in [-0.4, -0.2) is 0 Å². The van der Waals surface area contributed by atoms with Gasteiger partial charge in [0.2, 0.25) is 0 Å². The standard InChI is InChI=1S/C53H62/c1-10-33(11-2)37-30-42(34(12-3)13-4)46(35-19-15-14-16-20-35)53(31-37)44-28-27-41-48(45(44)40-26-24-36-29-32(5)23-25-38(36)47(40)53)52(8,9)49-39-21-17-18-22-43(39)51(6,7)50(41)49/h17-18,21-31,33-35,46H,10-16,19-20H2,1-9H3. The van der Waals surface area contributed by atoms with Crippen LogP contribution in [0.2, 0.25) is 0 Å². The Morgan fingerprint density at radius 3 is 2.04 bits per heavy atom. The first-order valence-corrected chi connectivity index (χ1v) is 21.6. The summed E-state index contributed by atoms with van der Waals surface area (Å²) in [6, 6.07) is 27.0. The van der Waals surface area contributed by atoms with E-state index in [1.54, 1.807) is 44.5 Å². The Balaban J connectivity index is 1.43. The number of benzene rings is 4. The van der Waals surface area contributed by atoms with E-state index in [9.17, 15) is 0 Å². The maximum atomic E-state index is 2.91. The summed E-state index contributed by atoms with van der Waals surface area (Å²) in [6.45, 7) is 22.1. The van der Waals surface area contributed by atoms with Gasteiger partial charge in [0.25, 0.3) is 0 Å². The average molecular weight is 699 g/mol. The van der Waals surface area contributed by atoms with Gasteiger partial charge in [0.05, 0.1) is 0 Å². The molecular weight excluding hydrogens is 637 g/mol. The largest absolute Gasteiger partial charge is 0.0654 e. The van der Waals surface area contributed by atoms with Crippen LogP contribution >= 0.6 is 0 Å². The van der Waals surface area contributed by atoms with Crippen LogP contribution in [0.15, 0.2) is 90.0 Å². The fourth-order valence-corrected chi connectivity index (χ4v) is 13.0. The molecule has 5 aliphatic carbocycles. The maximum absolute atomic E-state index is 2.91. The van der Waals surface area contributed by atoms with Crippen LogP contribution in [0.5, 0.6) is 0 Å². The van der Waals surface area contributed by atoms with E-state index in [2.05, 4.69) is 141 Å². The predicted octanol–water partition coefficient (Wildman–Crippen LogP) is 14.8. The van der Waals surface area contributed by atoms with Gasteiger partial charge in [0.15, 0.2) is 0 Å². The molecule has 0 aliphatic heterocycles. The van der Waals surface area contributed by atoms with Gasteiger partial charge < -0.3 is 0 Å². The Kier molecular flexibility index (Phi) is 8.24. The molecule has 0 amide bonds. The normalized spacial score (nSPS) is 23.7. The fraction of sp³-hybridized carbons (Fsp3) is 0.472. The van der Waals surface area contributed by atoms with Crippen molar-refractivity contribution < 1.29 is 0 Å². The van der Waals surface area contributed by atoms with Crippen LogP contribution in [0.4, 0.5) is 0 Å². The van der Waals surface area contributed by atoms with Crippen LogP contribution in [-0.2, 0) is 16.2 Å². The lowest BCUT2D eigenvalue weighted by Crippen LogP contribution is -2.43. The second-order valence-corrected chi connectivity index (χ2v) is 18.7. The van der Waals surface area contributed by atoms with Crippen molar-refractivity contribution in [2.75, 3.05) is 0 Å². The second kappa shape index (κ2) is 12.4. The van der Waals surface area contributed by atoms with Gasteiger partial charge in [-0.05, 0) is 135 Å². The van der Waals surface area contributed by atoms with E-state index in [1.165, 1.54) is 96.4 Å². The van der Waals surface area contributed by atoms with Crippen LogP contribution in [0.25, 0.3) is 33.0 Å². The minimum atomic E-state index is -0.197. The minimum absolute atomic E-state index is 0.0356. The molecule has 0 nitrogen and oxygen atoms in total. The van der Waals surface area contributed by atoms with Gasteiger partial charge in [-0.25, -0.2) is 0 Å². The SMILES string of the molecule is CCC(CC)C1=CC2(c3ccc4c(c3-c3ccc5cc(C)ccc5c32)C(C)(C)C2=C4C(C)(C)c3ccccc32)C(C2CCCCC2)C(C(CC)CC)=C1. The van der Waals surface area contributed by atoms with Gasteiger partial charge in [0.1, 0.15) is 0 Å². The molecule has 2 unspecified atom stereocenters. The van der Waals surface area contributed by atoms with E-state index in [1.807, 2.05) is 0 Å². The fourth-order valence-electron chi connectivity index (χ4n) is 13.0. The number of fused-ring (bicyclic) bond motifs is 12. The Bertz CT molecular complexity index is 2230. The molecule has 0 heterocycles. The number of rotatable bonds is 7. The number of hydrogen-bond donors (Lipinski definition) is 0. The molecule has 0 N–H and O–H groups in total. The smallest absolute Gasteiger partial charge is 0.0474 e. The Morgan fingerprint density at radius 2 is 1.32 bits per heavy atom. The Morgan fingerprint density at radius 1 is 0.642 bits per heavy atom. The second-order valence-electron chi connectivity index (χ2n) is 18.7. The molecule has 1 fully saturated rings. The van der Waals surface area contributed by atoms with E-state index < -0.39 is 0 Å².